The molecule has 172 valence electrons. The minimum atomic E-state index is -0.706. The van der Waals surface area contributed by atoms with E-state index in [0.717, 1.165) is 16.9 Å². The Morgan fingerprint density at radius 1 is 0.906 bits per heavy atom. The number of nitrogens with one attached hydrogen (secondary N) is 3. The van der Waals surface area contributed by atoms with Crippen molar-refractivity contribution in [2.24, 2.45) is 5.92 Å². The summed E-state index contributed by atoms with van der Waals surface area (Å²) in [5, 5.41) is 7.94. The van der Waals surface area contributed by atoms with E-state index in [4.69, 9.17) is 9.47 Å². The topological polar surface area (TPSA) is 106 Å². The average molecular weight is 442 g/mol. The lowest BCUT2D eigenvalue weighted by Crippen LogP contribution is -2.49. The maximum atomic E-state index is 12.6. The fraction of sp³-hybridized carbons (Fsp3) is 0.375. The van der Waals surface area contributed by atoms with Crippen LogP contribution < -0.4 is 20.7 Å². The van der Waals surface area contributed by atoms with Gasteiger partial charge in [0.15, 0.2) is 0 Å². The van der Waals surface area contributed by atoms with Crippen molar-refractivity contribution in [1.29, 1.82) is 0 Å². The summed E-state index contributed by atoms with van der Waals surface area (Å²) in [5.41, 5.74) is 1.76. The summed E-state index contributed by atoms with van der Waals surface area (Å²) >= 11 is 0. The van der Waals surface area contributed by atoms with Crippen molar-refractivity contribution in [3.63, 3.8) is 0 Å². The van der Waals surface area contributed by atoms with Crippen molar-refractivity contribution in [2.45, 2.75) is 39.5 Å². The van der Waals surface area contributed by atoms with E-state index < -0.39 is 18.0 Å². The van der Waals surface area contributed by atoms with E-state index in [1.54, 1.807) is 7.11 Å². The van der Waals surface area contributed by atoms with E-state index in [-0.39, 0.29) is 25.0 Å². The van der Waals surface area contributed by atoms with Gasteiger partial charge in [0, 0.05) is 6.54 Å². The van der Waals surface area contributed by atoms with Crippen LogP contribution in [0.25, 0.3) is 0 Å². The van der Waals surface area contributed by atoms with Gasteiger partial charge in [-0.1, -0.05) is 56.3 Å². The van der Waals surface area contributed by atoms with Gasteiger partial charge in [-0.15, -0.1) is 0 Å². The molecule has 0 aliphatic carbocycles. The third-order valence-corrected chi connectivity index (χ3v) is 4.59. The number of carbonyl (C=O) groups is 3. The molecule has 0 aliphatic rings. The maximum Gasteiger partial charge on any atom is 0.407 e. The molecule has 0 aromatic heterocycles. The minimum absolute atomic E-state index is 0.109. The number of rotatable bonds is 11. The van der Waals surface area contributed by atoms with Crippen molar-refractivity contribution >= 4 is 17.9 Å². The van der Waals surface area contributed by atoms with Gasteiger partial charge in [-0.25, -0.2) is 4.79 Å². The van der Waals surface area contributed by atoms with Gasteiger partial charge >= 0.3 is 6.09 Å². The van der Waals surface area contributed by atoms with Gasteiger partial charge in [0.1, 0.15) is 24.9 Å². The van der Waals surface area contributed by atoms with Crippen LogP contribution in [0.4, 0.5) is 4.79 Å². The summed E-state index contributed by atoms with van der Waals surface area (Å²) in [4.78, 5) is 36.8. The van der Waals surface area contributed by atoms with Gasteiger partial charge in [0.25, 0.3) is 0 Å². The highest BCUT2D eigenvalue weighted by molar-refractivity contribution is 5.89. The first-order valence-corrected chi connectivity index (χ1v) is 10.5. The van der Waals surface area contributed by atoms with Crippen LogP contribution in [0.1, 0.15) is 31.4 Å². The summed E-state index contributed by atoms with van der Waals surface area (Å²) in [5.74, 6) is 0.178. The molecule has 2 rings (SSSR count). The molecule has 0 heterocycles. The Balaban J connectivity index is 1.79. The second-order valence-corrected chi connectivity index (χ2v) is 7.73. The number of alkyl carbamates (subject to hydrolysis) is 1. The first-order chi connectivity index (χ1) is 15.4. The predicted octanol–water partition coefficient (Wildman–Crippen LogP) is 2.77. The molecule has 8 nitrogen and oxygen atoms in total. The van der Waals surface area contributed by atoms with Crippen LogP contribution in [-0.2, 0) is 27.5 Å². The number of hydrogen-bond acceptors (Lipinski definition) is 5. The quantitative estimate of drug-likeness (QED) is 0.497. The van der Waals surface area contributed by atoms with Crippen molar-refractivity contribution in [2.75, 3.05) is 13.7 Å². The zero-order valence-corrected chi connectivity index (χ0v) is 18.7. The molecular formula is C24H31N3O5. The van der Waals surface area contributed by atoms with Gasteiger partial charge in [0.2, 0.25) is 11.8 Å². The second-order valence-electron chi connectivity index (χ2n) is 7.73. The highest BCUT2D eigenvalue weighted by Crippen LogP contribution is 2.11. The van der Waals surface area contributed by atoms with Crippen LogP contribution in [0.5, 0.6) is 5.75 Å². The molecular weight excluding hydrogens is 410 g/mol. The molecule has 3 N–H and O–H groups in total. The summed E-state index contributed by atoms with van der Waals surface area (Å²) in [6.45, 7) is 4.09. The second kappa shape index (κ2) is 13.0. The fourth-order valence-corrected chi connectivity index (χ4v) is 2.93. The Morgan fingerprint density at radius 3 is 2.22 bits per heavy atom. The fourth-order valence-electron chi connectivity index (χ4n) is 2.93. The number of hydrogen-bond donors (Lipinski definition) is 3. The molecule has 0 spiro atoms. The van der Waals surface area contributed by atoms with Gasteiger partial charge in [-0.05, 0) is 35.6 Å². The predicted molar refractivity (Wildman–Crippen MR) is 121 cm³/mol. The average Bonchev–Trinajstić information content (AvgIpc) is 2.80. The van der Waals surface area contributed by atoms with Gasteiger partial charge in [-0.2, -0.15) is 0 Å². The number of amides is 3. The molecule has 0 fully saturated rings. The third kappa shape index (κ3) is 9.07. The molecule has 32 heavy (non-hydrogen) atoms. The van der Waals surface area contributed by atoms with Crippen molar-refractivity contribution < 1.29 is 23.9 Å². The van der Waals surface area contributed by atoms with E-state index in [9.17, 15) is 14.4 Å². The lowest BCUT2D eigenvalue weighted by Gasteiger charge is -2.20. The number of methoxy groups -OCH3 is 1. The summed E-state index contributed by atoms with van der Waals surface area (Å²) < 4.78 is 10.2. The van der Waals surface area contributed by atoms with Gasteiger partial charge in [0.05, 0.1) is 7.11 Å². The van der Waals surface area contributed by atoms with Crippen molar-refractivity contribution in [3.05, 3.63) is 65.7 Å². The van der Waals surface area contributed by atoms with Crippen LogP contribution >= 0.6 is 0 Å². The van der Waals surface area contributed by atoms with E-state index in [0.29, 0.717) is 13.0 Å². The van der Waals surface area contributed by atoms with Crippen molar-refractivity contribution in [1.82, 2.24) is 16.0 Å². The van der Waals surface area contributed by atoms with Crippen LogP contribution in [0.3, 0.4) is 0 Å². The SMILES string of the molecule is COc1ccc(CNC(=O)C(CC(C)C)NC(=O)CNC(=O)OCc2ccccc2)cc1. The van der Waals surface area contributed by atoms with E-state index in [2.05, 4.69) is 16.0 Å². The van der Waals surface area contributed by atoms with Crippen molar-refractivity contribution in [3.8, 4) is 5.75 Å². The molecule has 0 saturated heterocycles. The van der Waals surface area contributed by atoms with Crippen LogP contribution in [0.15, 0.2) is 54.6 Å². The van der Waals surface area contributed by atoms with Crippen LogP contribution in [-0.4, -0.2) is 37.6 Å². The standard InChI is InChI=1S/C24H31N3O5/c1-17(2)13-21(23(29)25-14-18-9-11-20(31-3)12-10-18)27-22(28)15-26-24(30)32-16-19-7-5-4-6-8-19/h4-12,17,21H,13-16H2,1-3H3,(H,25,29)(H,26,30)(H,27,28). The zero-order valence-electron chi connectivity index (χ0n) is 18.7. The lowest BCUT2D eigenvalue weighted by atomic mass is 10.0. The Bertz CT molecular complexity index is 869. The number of carbonyl (C=O) groups excluding carboxylic acids is 3. The zero-order chi connectivity index (χ0) is 23.3. The molecule has 2 aromatic carbocycles. The largest absolute Gasteiger partial charge is 0.497 e. The maximum absolute atomic E-state index is 12.6. The Labute approximate surface area is 188 Å². The molecule has 1 atom stereocenters. The number of benzene rings is 2. The lowest BCUT2D eigenvalue weighted by molar-refractivity contribution is -0.129. The summed E-state index contributed by atoms with van der Waals surface area (Å²) in [7, 11) is 1.59. The first-order valence-electron chi connectivity index (χ1n) is 10.5. The minimum Gasteiger partial charge on any atom is -0.497 e. The summed E-state index contributed by atoms with van der Waals surface area (Å²) in [6, 6.07) is 15.9. The van der Waals surface area contributed by atoms with Gasteiger partial charge < -0.3 is 25.4 Å². The molecule has 0 saturated carbocycles. The Morgan fingerprint density at radius 2 is 1.59 bits per heavy atom. The van der Waals surface area contributed by atoms with E-state index in [1.165, 1.54) is 0 Å². The first kappa shape index (κ1) is 24.7. The molecule has 0 bridgehead atoms. The molecule has 2 aromatic rings. The Hall–Kier alpha value is -3.55. The molecule has 8 heteroatoms. The monoisotopic (exact) mass is 441 g/mol. The molecule has 3 amide bonds. The van der Waals surface area contributed by atoms with E-state index >= 15 is 0 Å². The number of ether oxygens (including phenoxy) is 2. The smallest absolute Gasteiger partial charge is 0.407 e. The highest BCUT2D eigenvalue weighted by Gasteiger charge is 2.22. The Kier molecular flexibility index (Phi) is 10.0. The van der Waals surface area contributed by atoms with Crippen LogP contribution in [0.2, 0.25) is 0 Å². The van der Waals surface area contributed by atoms with Crippen LogP contribution in [0, 0.1) is 5.92 Å². The van der Waals surface area contributed by atoms with E-state index in [1.807, 2.05) is 68.4 Å². The third-order valence-electron chi connectivity index (χ3n) is 4.59. The highest BCUT2D eigenvalue weighted by atomic mass is 16.5. The summed E-state index contributed by atoms with van der Waals surface area (Å²) in [6.07, 6.45) is -0.230. The molecule has 0 aliphatic heterocycles. The van der Waals surface area contributed by atoms with Gasteiger partial charge in [-0.3, -0.25) is 9.59 Å². The molecule has 1 unspecified atom stereocenters. The molecule has 0 radical (unpaired) electrons. The normalized spacial score (nSPS) is 11.4.